The number of likely N-dealkylation sites (tertiary alicyclic amines) is 1. The van der Waals surface area contributed by atoms with Gasteiger partial charge in [-0.2, -0.15) is 0 Å². The number of rotatable bonds is 6. The van der Waals surface area contributed by atoms with E-state index in [-0.39, 0.29) is 23.5 Å². The van der Waals surface area contributed by atoms with Crippen molar-refractivity contribution in [1.29, 1.82) is 0 Å². The van der Waals surface area contributed by atoms with Crippen molar-refractivity contribution in [1.82, 2.24) is 4.90 Å². The number of hydrogen-bond donors (Lipinski definition) is 1. The quantitative estimate of drug-likeness (QED) is 0.534. The van der Waals surface area contributed by atoms with Crippen LogP contribution in [0, 0.1) is 11.8 Å². The van der Waals surface area contributed by atoms with Crippen molar-refractivity contribution < 1.29 is 14.6 Å². The summed E-state index contributed by atoms with van der Waals surface area (Å²) in [5, 5.41) is 12.6. The molecule has 1 fully saturated rings. The number of carbonyl (C=O) groups is 1. The highest BCUT2D eigenvalue weighted by Gasteiger charge is 2.40. The minimum atomic E-state index is -1.82. The average molecular weight is 418 g/mol. The van der Waals surface area contributed by atoms with E-state index >= 15 is 0 Å². The Kier molecular flexibility index (Phi) is 7.74. The Hall–Kier alpha value is -1.59. The molecule has 0 radical (unpaired) electrons. The molecule has 1 amide bonds. The van der Waals surface area contributed by atoms with Crippen molar-refractivity contribution in [3.05, 3.63) is 43.0 Å². The summed E-state index contributed by atoms with van der Waals surface area (Å²) in [6.45, 7) is 18.0. The highest BCUT2D eigenvalue weighted by Crippen LogP contribution is 2.37. The Morgan fingerprint density at radius 1 is 1.24 bits per heavy atom. The Bertz CT molecular complexity index is 675. The SMILES string of the molecule is C=CC(C(C)C(O)C1CCN(C(=O)OC(C)(C)C)CC1)[Si](C)(C)c1ccccc1. The molecule has 1 heterocycles. The molecule has 1 aliphatic heterocycles. The van der Waals surface area contributed by atoms with Crippen LogP contribution in [0.2, 0.25) is 18.6 Å². The van der Waals surface area contributed by atoms with Gasteiger partial charge in [-0.3, -0.25) is 0 Å². The van der Waals surface area contributed by atoms with Crippen LogP contribution in [0.25, 0.3) is 0 Å². The van der Waals surface area contributed by atoms with Crippen LogP contribution in [0.3, 0.4) is 0 Å². The molecule has 0 spiro atoms. The molecule has 4 nitrogen and oxygen atoms in total. The molecule has 0 saturated carbocycles. The normalized spacial score (nSPS) is 19.3. The Labute approximate surface area is 178 Å². The van der Waals surface area contributed by atoms with Gasteiger partial charge in [0.15, 0.2) is 0 Å². The molecule has 29 heavy (non-hydrogen) atoms. The lowest BCUT2D eigenvalue weighted by atomic mass is 9.83. The molecule has 0 aliphatic carbocycles. The molecule has 1 aromatic rings. The first-order valence-electron chi connectivity index (χ1n) is 10.8. The summed E-state index contributed by atoms with van der Waals surface area (Å²) in [7, 11) is -1.82. The first kappa shape index (κ1) is 23.7. The number of amides is 1. The van der Waals surface area contributed by atoms with Gasteiger partial charge in [0.2, 0.25) is 0 Å². The third kappa shape index (κ3) is 5.95. The van der Waals surface area contributed by atoms with Crippen LogP contribution < -0.4 is 5.19 Å². The second-order valence-electron chi connectivity index (χ2n) is 10.0. The summed E-state index contributed by atoms with van der Waals surface area (Å²) in [6.07, 6.45) is 3.03. The minimum absolute atomic E-state index is 0.132. The monoisotopic (exact) mass is 417 g/mol. The zero-order valence-corrected chi connectivity index (χ0v) is 20.0. The molecule has 1 saturated heterocycles. The van der Waals surface area contributed by atoms with Crippen molar-refractivity contribution in [2.24, 2.45) is 11.8 Å². The smallest absolute Gasteiger partial charge is 0.410 e. The lowest BCUT2D eigenvalue weighted by Gasteiger charge is -2.41. The summed E-state index contributed by atoms with van der Waals surface area (Å²) >= 11 is 0. The molecule has 1 N–H and O–H groups in total. The fourth-order valence-electron chi connectivity index (χ4n) is 4.62. The van der Waals surface area contributed by atoms with Gasteiger partial charge in [-0.05, 0) is 51.0 Å². The van der Waals surface area contributed by atoms with E-state index in [2.05, 4.69) is 56.9 Å². The number of ether oxygens (including phenoxy) is 1. The first-order valence-corrected chi connectivity index (χ1v) is 13.9. The van der Waals surface area contributed by atoms with Gasteiger partial charge in [0.05, 0.1) is 14.2 Å². The standard InChI is InChI=1S/C24H39NO3Si/c1-8-21(29(6,7)20-12-10-9-11-13-20)18(2)22(26)19-14-16-25(17-15-19)23(27)28-24(3,4)5/h8-13,18-19,21-22,26H,1,14-17H2,2-7H3. The lowest BCUT2D eigenvalue weighted by Crippen LogP contribution is -2.51. The molecule has 3 unspecified atom stereocenters. The summed E-state index contributed by atoms with van der Waals surface area (Å²) in [5.74, 6) is 0.333. The van der Waals surface area contributed by atoms with Gasteiger partial charge in [0.25, 0.3) is 0 Å². The van der Waals surface area contributed by atoms with Crippen LogP contribution >= 0.6 is 0 Å². The van der Waals surface area contributed by atoms with E-state index in [4.69, 9.17) is 4.74 Å². The Morgan fingerprint density at radius 3 is 2.28 bits per heavy atom. The predicted octanol–water partition coefficient (Wildman–Crippen LogP) is 4.80. The number of carbonyl (C=O) groups excluding carboxylic acids is 1. The van der Waals surface area contributed by atoms with E-state index in [9.17, 15) is 9.90 Å². The maximum atomic E-state index is 12.3. The van der Waals surface area contributed by atoms with E-state index in [0.717, 1.165) is 12.8 Å². The van der Waals surface area contributed by atoms with Crippen molar-refractivity contribution in [3.63, 3.8) is 0 Å². The number of hydrogen-bond acceptors (Lipinski definition) is 3. The second-order valence-corrected chi connectivity index (χ2v) is 14.7. The summed E-state index contributed by atoms with van der Waals surface area (Å²) in [6, 6.07) is 10.7. The van der Waals surface area contributed by atoms with Crippen molar-refractivity contribution >= 4 is 19.4 Å². The van der Waals surface area contributed by atoms with Crippen molar-refractivity contribution in [2.75, 3.05) is 13.1 Å². The van der Waals surface area contributed by atoms with Crippen LogP contribution in [0.1, 0.15) is 40.5 Å². The van der Waals surface area contributed by atoms with E-state index in [0.29, 0.717) is 13.1 Å². The molecule has 0 aromatic heterocycles. The fraction of sp³-hybridized carbons (Fsp3) is 0.625. The van der Waals surface area contributed by atoms with Crippen LogP contribution in [0.5, 0.6) is 0 Å². The predicted molar refractivity (Wildman–Crippen MR) is 123 cm³/mol. The average Bonchev–Trinajstić information content (AvgIpc) is 2.67. The number of benzene rings is 1. The topological polar surface area (TPSA) is 49.8 Å². The summed E-state index contributed by atoms with van der Waals surface area (Å²) in [4.78, 5) is 14.1. The molecule has 5 heteroatoms. The van der Waals surface area contributed by atoms with Crippen LogP contribution in [-0.4, -0.2) is 49.0 Å². The highest BCUT2D eigenvalue weighted by atomic mass is 28.3. The van der Waals surface area contributed by atoms with E-state index in [1.807, 2.05) is 26.8 Å². The largest absolute Gasteiger partial charge is 0.444 e. The third-order valence-electron chi connectivity index (χ3n) is 6.38. The maximum absolute atomic E-state index is 12.3. The number of allylic oxidation sites excluding steroid dienone is 1. The van der Waals surface area contributed by atoms with Gasteiger partial charge >= 0.3 is 6.09 Å². The molecule has 3 atom stereocenters. The number of nitrogens with zero attached hydrogens (tertiary/aromatic N) is 1. The number of aliphatic hydroxyl groups is 1. The molecule has 0 bridgehead atoms. The van der Waals surface area contributed by atoms with E-state index in [1.54, 1.807) is 4.90 Å². The van der Waals surface area contributed by atoms with Crippen LogP contribution in [0.4, 0.5) is 4.79 Å². The molecule has 2 rings (SSSR count). The molecule has 162 valence electrons. The highest BCUT2D eigenvalue weighted by molar-refractivity contribution is 6.91. The van der Waals surface area contributed by atoms with Gasteiger partial charge in [-0.15, -0.1) is 6.58 Å². The fourth-order valence-corrected chi connectivity index (χ4v) is 8.16. The molecule has 1 aliphatic rings. The zero-order chi connectivity index (χ0) is 21.8. The van der Waals surface area contributed by atoms with Gasteiger partial charge in [0.1, 0.15) is 5.60 Å². The minimum Gasteiger partial charge on any atom is -0.444 e. The van der Waals surface area contributed by atoms with Crippen molar-refractivity contribution in [2.45, 2.75) is 70.9 Å². The lowest BCUT2D eigenvalue weighted by molar-refractivity contribution is -0.00160. The third-order valence-corrected chi connectivity index (χ3v) is 10.6. The second kappa shape index (κ2) is 9.48. The first-order chi connectivity index (χ1) is 13.5. The Balaban J connectivity index is 2.02. The van der Waals surface area contributed by atoms with Gasteiger partial charge in [-0.25, -0.2) is 4.79 Å². The maximum Gasteiger partial charge on any atom is 0.410 e. The van der Waals surface area contributed by atoms with Crippen molar-refractivity contribution in [3.8, 4) is 0 Å². The molecular weight excluding hydrogens is 378 g/mol. The van der Waals surface area contributed by atoms with Crippen LogP contribution in [-0.2, 0) is 4.74 Å². The number of piperidine rings is 1. The molecular formula is C24H39NO3Si. The Morgan fingerprint density at radius 2 is 1.79 bits per heavy atom. The number of aliphatic hydroxyl groups excluding tert-OH is 1. The van der Waals surface area contributed by atoms with E-state index < -0.39 is 19.8 Å². The van der Waals surface area contributed by atoms with E-state index in [1.165, 1.54) is 5.19 Å². The molecule has 1 aromatic carbocycles. The van der Waals surface area contributed by atoms with Crippen LogP contribution in [0.15, 0.2) is 43.0 Å². The van der Waals surface area contributed by atoms with Gasteiger partial charge < -0.3 is 14.7 Å². The summed E-state index contributed by atoms with van der Waals surface area (Å²) < 4.78 is 5.49. The van der Waals surface area contributed by atoms with Gasteiger partial charge in [0, 0.05) is 13.1 Å². The zero-order valence-electron chi connectivity index (χ0n) is 19.0. The summed E-state index contributed by atoms with van der Waals surface area (Å²) in [5.41, 5.74) is -0.198. The van der Waals surface area contributed by atoms with Gasteiger partial charge in [-0.1, -0.05) is 61.6 Å².